The Bertz CT molecular complexity index is 709. The molecule has 1 heterocycles. The molecule has 0 aliphatic heterocycles. The number of H-pyrrole nitrogens is 2. The summed E-state index contributed by atoms with van der Waals surface area (Å²) in [4.78, 5) is 38.3. The van der Waals surface area contributed by atoms with Gasteiger partial charge < -0.3 is 10.3 Å². The number of rotatable bonds is 6. The minimum atomic E-state index is -0.610. The summed E-state index contributed by atoms with van der Waals surface area (Å²) in [5, 5.41) is 2.46. The Morgan fingerprint density at radius 2 is 1.95 bits per heavy atom. The molecule has 0 bridgehead atoms. The third kappa shape index (κ3) is 4.96. The second kappa shape index (κ2) is 7.49. The van der Waals surface area contributed by atoms with Crippen molar-refractivity contribution in [3.05, 3.63) is 62.9 Å². The van der Waals surface area contributed by atoms with Crippen LogP contribution in [0.25, 0.3) is 0 Å². The number of hydrogen-bond donors (Lipinski definition) is 3. The molecule has 0 atom stereocenters. The Hall–Kier alpha value is -2.28. The van der Waals surface area contributed by atoms with Crippen LogP contribution < -0.4 is 16.6 Å². The van der Waals surface area contributed by atoms with Gasteiger partial charge in [0.05, 0.1) is 5.75 Å². The number of carbonyl (C=O) groups excluding carboxylic acids is 1. The molecule has 110 valence electrons. The van der Waals surface area contributed by atoms with E-state index in [-0.39, 0.29) is 17.3 Å². The van der Waals surface area contributed by atoms with Gasteiger partial charge in [-0.3, -0.25) is 14.6 Å². The van der Waals surface area contributed by atoms with Crippen molar-refractivity contribution in [1.29, 1.82) is 0 Å². The van der Waals surface area contributed by atoms with E-state index >= 15 is 0 Å². The molecule has 0 aliphatic rings. The van der Waals surface area contributed by atoms with Crippen LogP contribution in [0.3, 0.4) is 0 Å². The average molecular weight is 305 g/mol. The van der Waals surface area contributed by atoms with E-state index in [9.17, 15) is 14.4 Å². The normalized spacial score (nSPS) is 10.3. The highest BCUT2D eigenvalue weighted by Gasteiger charge is 2.06. The lowest BCUT2D eigenvalue weighted by Gasteiger charge is -2.04. The first-order valence-corrected chi connectivity index (χ1v) is 7.54. The van der Waals surface area contributed by atoms with Gasteiger partial charge in [-0.2, -0.15) is 11.8 Å². The van der Waals surface area contributed by atoms with Crippen LogP contribution in [-0.2, 0) is 11.2 Å². The Morgan fingerprint density at radius 3 is 2.67 bits per heavy atom. The summed E-state index contributed by atoms with van der Waals surface area (Å²) in [6.45, 7) is 0. The van der Waals surface area contributed by atoms with Gasteiger partial charge in [-0.05, 0) is 17.7 Å². The van der Waals surface area contributed by atoms with E-state index in [1.807, 2.05) is 35.3 Å². The molecule has 0 spiro atoms. The fourth-order valence-corrected chi connectivity index (χ4v) is 2.47. The number of benzene rings is 1. The van der Waals surface area contributed by atoms with E-state index < -0.39 is 11.2 Å². The molecule has 0 fully saturated rings. The summed E-state index contributed by atoms with van der Waals surface area (Å²) >= 11 is 1.49. The second-order valence-corrected chi connectivity index (χ2v) is 5.43. The number of amides is 1. The number of carbonyl (C=O) groups is 1. The van der Waals surface area contributed by atoms with Crippen LogP contribution in [0.2, 0.25) is 0 Å². The first-order valence-electron chi connectivity index (χ1n) is 6.38. The van der Waals surface area contributed by atoms with Gasteiger partial charge in [0.15, 0.2) is 0 Å². The van der Waals surface area contributed by atoms with Gasteiger partial charge in [0.2, 0.25) is 5.91 Å². The van der Waals surface area contributed by atoms with E-state index in [0.29, 0.717) is 0 Å². The summed E-state index contributed by atoms with van der Waals surface area (Å²) in [6, 6.07) is 10.0. The summed E-state index contributed by atoms with van der Waals surface area (Å²) < 4.78 is 0. The van der Waals surface area contributed by atoms with Crippen LogP contribution in [0, 0.1) is 0 Å². The summed E-state index contributed by atoms with van der Waals surface area (Å²) in [5.74, 6) is 0.802. The first-order chi connectivity index (χ1) is 10.1. The maximum absolute atomic E-state index is 11.7. The van der Waals surface area contributed by atoms with Gasteiger partial charge in [-0.15, -0.1) is 0 Å². The number of aryl methyl sites for hydroxylation is 1. The lowest BCUT2D eigenvalue weighted by Crippen LogP contribution is -2.27. The molecule has 3 N–H and O–H groups in total. The number of aromatic nitrogens is 2. The van der Waals surface area contributed by atoms with Crippen molar-refractivity contribution in [3.8, 4) is 0 Å². The van der Waals surface area contributed by atoms with Crippen LogP contribution >= 0.6 is 11.8 Å². The van der Waals surface area contributed by atoms with Crippen molar-refractivity contribution in [2.75, 3.05) is 16.8 Å². The maximum Gasteiger partial charge on any atom is 0.325 e. The van der Waals surface area contributed by atoms with Gasteiger partial charge in [0.25, 0.3) is 5.56 Å². The highest BCUT2D eigenvalue weighted by molar-refractivity contribution is 7.99. The molecule has 0 unspecified atom stereocenters. The van der Waals surface area contributed by atoms with Gasteiger partial charge in [-0.1, -0.05) is 30.3 Å². The van der Waals surface area contributed by atoms with Crippen molar-refractivity contribution in [1.82, 2.24) is 9.97 Å². The zero-order valence-electron chi connectivity index (χ0n) is 11.2. The first kappa shape index (κ1) is 15.1. The Kier molecular flexibility index (Phi) is 5.39. The van der Waals surface area contributed by atoms with E-state index in [0.717, 1.165) is 12.2 Å². The summed E-state index contributed by atoms with van der Waals surface area (Å²) in [6.07, 6.45) is 2.08. The molecule has 6 nitrogen and oxygen atoms in total. The van der Waals surface area contributed by atoms with Crippen molar-refractivity contribution in [2.24, 2.45) is 0 Å². The number of aromatic amines is 2. The zero-order valence-corrected chi connectivity index (χ0v) is 12.0. The molecule has 0 saturated carbocycles. The predicted octanol–water partition coefficient (Wildman–Crippen LogP) is 0.978. The molecular weight excluding hydrogens is 290 g/mol. The van der Waals surface area contributed by atoms with Crippen molar-refractivity contribution in [3.63, 3.8) is 0 Å². The average Bonchev–Trinajstić information content (AvgIpc) is 2.48. The minimum Gasteiger partial charge on any atom is -0.320 e. The van der Waals surface area contributed by atoms with Crippen molar-refractivity contribution >= 4 is 23.4 Å². The predicted molar refractivity (Wildman–Crippen MR) is 83.8 cm³/mol. The van der Waals surface area contributed by atoms with Crippen LogP contribution in [0.1, 0.15) is 5.56 Å². The smallest absolute Gasteiger partial charge is 0.320 e. The zero-order chi connectivity index (χ0) is 15.1. The molecule has 21 heavy (non-hydrogen) atoms. The monoisotopic (exact) mass is 305 g/mol. The van der Waals surface area contributed by atoms with Gasteiger partial charge in [-0.25, -0.2) is 4.79 Å². The third-order valence-electron chi connectivity index (χ3n) is 2.70. The standard InChI is InChI=1S/C14H15N3O3S/c18-12(16-11-8-15-14(20)17-13(11)19)9-21-7-6-10-4-2-1-3-5-10/h1-5,8H,6-7,9H2,(H,16,18)(H2,15,17,19,20). The molecule has 7 heteroatoms. The lowest BCUT2D eigenvalue weighted by molar-refractivity contribution is -0.113. The molecule has 2 rings (SSSR count). The van der Waals surface area contributed by atoms with E-state index in [4.69, 9.17) is 0 Å². The third-order valence-corrected chi connectivity index (χ3v) is 3.66. The maximum atomic E-state index is 11.7. The fourth-order valence-electron chi connectivity index (χ4n) is 1.69. The van der Waals surface area contributed by atoms with Crippen LogP contribution in [-0.4, -0.2) is 27.4 Å². The molecule has 0 aliphatic carbocycles. The second-order valence-electron chi connectivity index (χ2n) is 4.32. The number of hydrogen-bond acceptors (Lipinski definition) is 4. The fraction of sp³-hybridized carbons (Fsp3) is 0.214. The summed E-state index contributed by atoms with van der Waals surface area (Å²) in [7, 11) is 0. The van der Waals surface area contributed by atoms with Crippen LogP contribution in [0.5, 0.6) is 0 Å². The topological polar surface area (TPSA) is 94.8 Å². The highest BCUT2D eigenvalue weighted by Crippen LogP contribution is 2.07. The SMILES string of the molecule is O=C(CSCCc1ccccc1)Nc1c[nH]c(=O)[nH]c1=O. The van der Waals surface area contributed by atoms with Crippen LogP contribution in [0.15, 0.2) is 46.1 Å². The van der Waals surface area contributed by atoms with Crippen molar-refractivity contribution < 1.29 is 4.79 Å². The van der Waals surface area contributed by atoms with Gasteiger partial charge in [0, 0.05) is 6.20 Å². The number of nitrogens with one attached hydrogen (secondary N) is 3. The largest absolute Gasteiger partial charge is 0.325 e. The quantitative estimate of drug-likeness (QED) is 0.693. The Labute approximate surface area is 125 Å². The van der Waals surface area contributed by atoms with E-state index in [1.165, 1.54) is 23.5 Å². The molecular formula is C14H15N3O3S. The molecule has 1 aromatic heterocycles. The Balaban J connectivity index is 1.75. The molecule has 1 amide bonds. The van der Waals surface area contributed by atoms with Gasteiger partial charge >= 0.3 is 5.69 Å². The molecule has 0 radical (unpaired) electrons. The van der Waals surface area contributed by atoms with Gasteiger partial charge in [0.1, 0.15) is 5.69 Å². The highest BCUT2D eigenvalue weighted by atomic mass is 32.2. The molecule has 1 aromatic carbocycles. The van der Waals surface area contributed by atoms with Crippen molar-refractivity contribution in [2.45, 2.75) is 6.42 Å². The van der Waals surface area contributed by atoms with Crippen LogP contribution in [0.4, 0.5) is 5.69 Å². The minimum absolute atomic E-state index is 0.0447. The Morgan fingerprint density at radius 1 is 1.19 bits per heavy atom. The lowest BCUT2D eigenvalue weighted by atomic mass is 10.2. The van der Waals surface area contributed by atoms with E-state index in [2.05, 4.69) is 10.3 Å². The summed E-state index contributed by atoms with van der Waals surface area (Å²) in [5.41, 5.74) is 0.0577. The molecule has 0 saturated heterocycles. The number of anilines is 1. The number of thioether (sulfide) groups is 1. The molecule has 2 aromatic rings. The van der Waals surface area contributed by atoms with E-state index in [1.54, 1.807) is 0 Å².